The van der Waals surface area contributed by atoms with Gasteiger partial charge in [0.25, 0.3) is 0 Å². The molecule has 2 N–H and O–H groups in total. The average molecular weight is 436 g/mol. The van der Waals surface area contributed by atoms with Gasteiger partial charge in [-0.25, -0.2) is 15.0 Å². The molecular weight excluding hydrogens is 416 g/mol. The molecule has 0 spiro atoms. The predicted octanol–water partition coefficient (Wildman–Crippen LogP) is 3.52. The largest absolute Gasteiger partial charge is 0.376 e. The summed E-state index contributed by atoms with van der Waals surface area (Å²) in [5, 5.41) is 7.56. The maximum atomic E-state index is 4.89. The van der Waals surface area contributed by atoms with Crippen molar-refractivity contribution in [3.8, 4) is 28.5 Å². The minimum atomic E-state index is 0.618. The Hall–Kier alpha value is -4.60. The molecule has 6 aromatic rings. The molecule has 162 valence electrons. The topological polar surface area (TPSA) is 117 Å². The third-order valence-electron chi connectivity index (χ3n) is 5.53. The standard InChI is InChI=1S/C23H20N10/c1-13-11-33(12-26-13)19-10-25-9-18-20(19)29-23(28-18)22-21-17(30-31-22)5-4-16(27-21)14-6-15(32(2)3)8-24-7-14/h4-12H,1-3H3,(H,28,29)(H,30,31). The van der Waals surface area contributed by atoms with E-state index in [9.17, 15) is 0 Å². The summed E-state index contributed by atoms with van der Waals surface area (Å²) in [4.78, 5) is 28.1. The van der Waals surface area contributed by atoms with E-state index < -0.39 is 0 Å². The van der Waals surface area contributed by atoms with Crippen LogP contribution in [0.4, 0.5) is 5.69 Å². The lowest BCUT2D eigenvalue weighted by molar-refractivity contribution is 1.05. The van der Waals surface area contributed by atoms with Crippen molar-refractivity contribution in [3.63, 3.8) is 0 Å². The van der Waals surface area contributed by atoms with E-state index in [0.717, 1.165) is 50.4 Å². The second kappa shape index (κ2) is 7.23. The van der Waals surface area contributed by atoms with Crippen LogP contribution in [0.25, 0.3) is 50.5 Å². The number of imidazole rings is 2. The van der Waals surface area contributed by atoms with Gasteiger partial charge in [0.1, 0.15) is 11.0 Å². The highest BCUT2D eigenvalue weighted by atomic mass is 15.2. The molecule has 10 nitrogen and oxygen atoms in total. The number of hydrogen-bond donors (Lipinski definition) is 2. The van der Waals surface area contributed by atoms with Crippen LogP contribution in [-0.4, -0.2) is 58.8 Å². The summed E-state index contributed by atoms with van der Waals surface area (Å²) in [7, 11) is 3.97. The highest BCUT2D eigenvalue weighted by molar-refractivity contribution is 5.92. The van der Waals surface area contributed by atoms with Gasteiger partial charge in [0, 0.05) is 32.1 Å². The quantitative estimate of drug-likeness (QED) is 0.434. The van der Waals surface area contributed by atoms with E-state index in [2.05, 4.69) is 36.2 Å². The molecule has 0 aromatic carbocycles. The third kappa shape index (κ3) is 3.19. The molecule has 6 aromatic heterocycles. The Balaban J connectivity index is 1.48. The number of hydrogen-bond acceptors (Lipinski definition) is 7. The van der Waals surface area contributed by atoms with Crippen LogP contribution in [0.15, 0.2) is 55.5 Å². The number of fused-ring (bicyclic) bond motifs is 2. The summed E-state index contributed by atoms with van der Waals surface area (Å²) in [6, 6.07) is 6.00. The lowest BCUT2D eigenvalue weighted by atomic mass is 10.1. The average Bonchev–Trinajstić information content (AvgIpc) is 3.55. The van der Waals surface area contributed by atoms with Crippen LogP contribution in [0.1, 0.15) is 5.69 Å². The number of anilines is 1. The van der Waals surface area contributed by atoms with Crippen LogP contribution in [-0.2, 0) is 0 Å². The fourth-order valence-corrected chi connectivity index (χ4v) is 3.81. The molecule has 6 rings (SSSR count). The summed E-state index contributed by atoms with van der Waals surface area (Å²) in [5.41, 5.74) is 8.32. The van der Waals surface area contributed by atoms with E-state index in [-0.39, 0.29) is 0 Å². The SMILES string of the molecule is Cc1cn(-c2cncc3[nH]c(-c4n[nH]c5ccc(-c6cncc(N(C)C)c6)nc45)nc23)cn1. The Morgan fingerprint density at radius 2 is 1.82 bits per heavy atom. The van der Waals surface area contributed by atoms with E-state index in [4.69, 9.17) is 9.97 Å². The molecule has 0 radical (unpaired) electrons. The van der Waals surface area contributed by atoms with Crippen molar-refractivity contribution in [2.75, 3.05) is 19.0 Å². The Morgan fingerprint density at radius 3 is 2.64 bits per heavy atom. The molecule has 0 unspecified atom stereocenters. The maximum absolute atomic E-state index is 4.89. The van der Waals surface area contributed by atoms with Crippen molar-refractivity contribution < 1.29 is 0 Å². The number of nitrogens with zero attached hydrogens (tertiary/aromatic N) is 8. The van der Waals surface area contributed by atoms with Crippen LogP contribution in [0.3, 0.4) is 0 Å². The fraction of sp³-hybridized carbons (Fsp3) is 0.130. The summed E-state index contributed by atoms with van der Waals surface area (Å²) in [6.07, 6.45) is 10.9. The van der Waals surface area contributed by atoms with Gasteiger partial charge in [-0.15, -0.1) is 0 Å². The Bertz CT molecular complexity index is 1620. The molecule has 0 aliphatic heterocycles. The van der Waals surface area contributed by atoms with Crippen molar-refractivity contribution in [1.82, 2.24) is 44.7 Å². The minimum absolute atomic E-state index is 0.618. The molecule has 0 saturated carbocycles. The highest BCUT2D eigenvalue weighted by Gasteiger charge is 2.17. The first-order valence-electron chi connectivity index (χ1n) is 10.4. The molecule has 6 heterocycles. The fourth-order valence-electron chi connectivity index (χ4n) is 3.81. The van der Waals surface area contributed by atoms with Gasteiger partial charge in [0.2, 0.25) is 0 Å². The first-order valence-corrected chi connectivity index (χ1v) is 10.4. The number of H-pyrrole nitrogens is 2. The van der Waals surface area contributed by atoms with Gasteiger partial charge in [-0.2, -0.15) is 5.10 Å². The Kier molecular flexibility index (Phi) is 4.19. The lowest BCUT2D eigenvalue weighted by Crippen LogP contribution is -2.08. The van der Waals surface area contributed by atoms with Gasteiger partial charge >= 0.3 is 0 Å². The van der Waals surface area contributed by atoms with E-state index in [0.29, 0.717) is 11.5 Å². The Labute approximate surface area is 188 Å². The second-order valence-corrected chi connectivity index (χ2v) is 8.05. The van der Waals surface area contributed by atoms with E-state index in [1.165, 1.54) is 0 Å². The predicted molar refractivity (Wildman–Crippen MR) is 126 cm³/mol. The second-order valence-electron chi connectivity index (χ2n) is 8.05. The van der Waals surface area contributed by atoms with Gasteiger partial charge in [0.15, 0.2) is 11.5 Å². The molecule has 0 bridgehead atoms. The molecule has 0 amide bonds. The van der Waals surface area contributed by atoms with Crippen LogP contribution < -0.4 is 4.90 Å². The molecule has 0 aliphatic rings. The monoisotopic (exact) mass is 436 g/mol. The highest BCUT2D eigenvalue weighted by Crippen LogP contribution is 2.29. The first kappa shape index (κ1) is 19.1. The summed E-state index contributed by atoms with van der Waals surface area (Å²) in [5.74, 6) is 0.618. The van der Waals surface area contributed by atoms with Crippen molar-refractivity contribution in [3.05, 3.63) is 61.2 Å². The third-order valence-corrected chi connectivity index (χ3v) is 5.53. The van der Waals surface area contributed by atoms with Gasteiger partial charge < -0.3 is 14.5 Å². The number of aromatic amines is 2. The van der Waals surface area contributed by atoms with Crippen molar-refractivity contribution in [1.29, 1.82) is 0 Å². The smallest absolute Gasteiger partial charge is 0.161 e. The number of nitrogens with one attached hydrogen (secondary N) is 2. The van der Waals surface area contributed by atoms with E-state index in [1.54, 1.807) is 18.7 Å². The van der Waals surface area contributed by atoms with Gasteiger partial charge in [0.05, 0.1) is 58.7 Å². The molecule has 0 atom stereocenters. The van der Waals surface area contributed by atoms with Crippen LogP contribution in [0.5, 0.6) is 0 Å². The maximum Gasteiger partial charge on any atom is 0.161 e. The minimum Gasteiger partial charge on any atom is -0.376 e. The number of aromatic nitrogens is 9. The van der Waals surface area contributed by atoms with Gasteiger partial charge in [-0.1, -0.05) is 0 Å². The summed E-state index contributed by atoms with van der Waals surface area (Å²) in [6.45, 7) is 1.95. The molecule has 0 fully saturated rings. The van der Waals surface area contributed by atoms with Gasteiger partial charge in [-0.3, -0.25) is 15.1 Å². The van der Waals surface area contributed by atoms with Crippen LogP contribution in [0, 0.1) is 6.92 Å². The molecule has 33 heavy (non-hydrogen) atoms. The van der Waals surface area contributed by atoms with Crippen molar-refractivity contribution in [2.24, 2.45) is 0 Å². The first-order chi connectivity index (χ1) is 16.1. The van der Waals surface area contributed by atoms with Crippen LogP contribution in [0.2, 0.25) is 0 Å². The van der Waals surface area contributed by atoms with Crippen molar-refractivity contribution in [2.45, 2.75) is 6.92 Å². The molecular formula is C23H20N10. The zero-order valence-corrected chi connectivity index (χ0v) is 18.3. The molecule has 0 aliphatic carbocycles. The molecule has 0 saturated heterocycles. The van der Waals surface area contributed by atoms with Gasteiger partial charge in [-0.05, 0) is 25.1 Å². The zero-order valence-electron chi connectivity index (χ0n) is 18.3. The summed E-state index contributed by atoms with van der Waals surface area (Å²) < 4.78 is 1.92. The Morgan fingerprint density at radius 1 is 0.939 bits per heavy atom. The number of rotatable bonds is 4. The summed E-state index contributed by atoms with van der Waals surface area (Å²) >= 11 is 0. The molecule has 10 heteroatoms. The zero-order chi connectivity index (χ0) is 22.5. The number of pyridine rings is 3. The normalized spacial score (nSPS) is 11.5. The van der Waals surface area contributed by atoms with Crippen LogP contribution >= 0.6 is 0 Å². The van der Waals surface area contributed by atoms with E-state index >= 15 is 0 Å². The lowest BCUT2D eigenvalue weighted by Gasteiger charge is -2.12. The van der Waals surface area contributed by atoms with Crippen molar-refractivity contribution >= 4 is 27.8 Å². The van der Waals surface area contributed by atoms with E-state index in [1.807, 2.05) is 61.2 Å². The number of aryl methyl sites for hydroxylation is 1.